The predicted octanol–water partition coefficient (Wildman–Crippen LogP) is 3.46. The Morgan fingerprint density at radius 3 is 2.11 bits per heavy atom. The Morgan fingerprint density at radius 1 is 0.944 bits per heavy atom. The molecule has 18 heavy (non-hydrogen) atoms. The lowest BCUT2D eigenvalue weighted by molar-refractivity contribution is 0.109. The van der Waals surface area contributed by atoms with Crippen molar-refractivity contribution in [3.63, 3.8) is 0 Å². The number of ether oxygens (including phenoxy) is 1. The summed E-state index contributed by atoms with van der Waals surface area (Å²) in [6.45, 7) is 4.70. The van der Waals surface area contributed by atoms with E-state index in [4.69, 9.17) is 10.5 Å². The van der Waals surface area contributed by atoms with E-state index in [2.05, 4.69) is 26.0 Å². The number of hydrogen-bond acceptors (Lipinski definition) is 2. The van der Waals surface area contributed by atoms with E-state index in [1.54, 1.807) is 0 Å². The van der Waals surface area contributed by atoms with E-state index in [0.717, 1.165) is 16.9 Å². The third-order valence-electron chi connectivity index (χ3n) is 3.00. The van der Waals surface area contributed by atoms with Crippen molar-refractivity contribution < 1.29 is 4.74 Å². The van der Waals surface area contributed by atoms with Crippen molar-refractivity contribution in [3.8, 4) is 5.75 Å². The topological polar surface area (TPSA) is 35.2 Å². The van der Waals surface area contributed by atoms with Gasteiger partial charge in [-0.2, -0.15) is 0 Å². The minimum Gasteiger partial charge on any atom is -0.483 e. The van der Waals surface area contributed by atoms with Crippen molar-refractivity contribution in [2.45, 2.75) is 26.0 Å². The van der Waals surface area contributed by atoms with E-state index >= 15 is 0 Å². The number of hydrogen-bond donors (Lipinski definition) is 1. The second-order valence-corrected chi connectivity index (χ2v) is 4.83. The van der Waals surface area contributed by atoms with Gasteiger partial charge < -0.3 is 10.5 Å². The molecule has 2 rings (SSSR count). The fourth-order valence-electron chi connectivity index (χ4n) is 1.89. The maximum absolute atomic E-state index is 6.05. The maximum atomic E-state index is 6.05. The lowest BCUT2D eigenvalue weighted by atomic mass is 9.98. The average Bonchev–Trinajstić information content (AvgIpc) is 2.40. The van der Waals surface area contributed by atoms with Crippen molar-refractivity contribution in [1.82, 2.24) is 0 Å². The van der Waals surface area contributed by atoms with Crippen molar-refractivity contribution in [3.05, 3.63) is 65.7 Å². The zero-order valence-electron chi connectivity index (χ0n) is 10.9. The highest BCUT2D eigenvalue weighted by Crippen LogP contribution is 2.27. The highest BCUT2D eigenvalue weighted by atomic mass is 16.5. The Labute approximate surface area is 108 Å². The SMILES string of the molecule is CC(C)(Oc1ccc(CN)cc1)c1ccccc1. The van der Waals surface area contributed by atoms with Crippen LogP contribution < -0.4 is 10.5 Å². The van der Waals surface area contributed by atoms with E-state index in [1.165, 1.54) is 0 Å². The Morgan fingerprint density at radius 2 is 1.56 bits per heavy atom. The van der Waals surface area contributed by atoms with Crippen molar-refractivity contribution in [1.29, 1.82) is 0 Å². The Kier molecular flexibility index (Phi) is 3.68. The molecule has 0 aliphatic rings. The first-order chi connectivity index (χ1) is 8.62. The van der Waals surface area contributed by atoms with Crippen LogP contribution in [0.2, 0.25) is 0 Å². The first-order valence-electron chi connectivity index (χ1n) is 6.15. The van der Waals surface area contributed by atoms with Crippen LogP contribution in [0.1, 0.15) is 25.0 Å². The molecule has 0 atom stereocenters. The molecule has 0 aromatic heterocycles. The van der Waals surface area contributed by atoms with Crippen LogP contribution in [0, 0.1) is 0 Å². The zero-order valence-corrected chi connectivity index (χ0v) is 10.9. The molecule has 0 bridgehead atoms. The lowest BCUT2D eigenvalue weighted by Crippen LogP contribution is -2.25. The van der Waals surface area contributed by atoms with E-state index in [-0.39, 0.29) is 5.60 Å². The number of rotatable bonds is 4. The smallest absolute Gasteiger partial charge is 0.128 e. The van der Waals surface area contributed by atoms with Crippen LogP contribution >= 0.6 is 0 Å². The standard InChI is InChI=1S/C16H19NO/c1-16(2,14-6-4-3-5-7-14)18-15-10-8-13(12-17)9-11-15/h3-11H,12,17H2,1-2H3. The summed E-state index contributed by atoms with van der Waals surface area (Å²) in [6, 6.07) is 18.1. The number of nitrogens with two attached hydrogens (primary N) is 1. The van der Waals surface area contributed by atoms with Crippen LogP contribution in [-0.2, 0) is 12.1 Å². The highest BCUT2D eigenvalue weighted by molar-refractivity contribution is 5.29. The molecule has 0 heterocycles. The largest absolute Gasteiger partial charge is 0.483 e. The Balaban J connectivity index is 2.16. The van der Waals surface area contributed by atoms with Gasteiger partial charge in [0, 0.05) is 6.54 Å². The van der Waals surface area contributed by atoms with Crippen molar-refractivity contribution in [2.75, 3.05) is 0 Å². The summed E-state index contributed by atoms with van der Waals surface area (Å²) in [4.78, 5) is 0. The molecular formula is C16H19NO. The van der Waals surface area contributed by atoms with Crippen molar-refractivity contribution >= 4 is 0 Å². The Bertz CT molecular complexity index is 488. The molecule has 0 amide bonds. The van der Waals surface area contributed by atoms with E-state index in [9.17, 15) is 0 Å². The van der Waals surface area contributed by atoms with Gasteiger partial charge in [-0.1, -0.05) is 42.5 Å². The Hall–Kier alpha value is -1.80. The molecule has 0 radical (unpaired) electrons. The second kappa shape index (κ2) is 5.23. The van der Waals surface area contributed by atoms with Gasteiger partial charge in [-0.15, -0.1) is 0 Å². The maximum Gasteiger partial charge on any atom is 0.128 e. The molecule has 0 aliphatic heterocycles. The molecule has 0 spiro atoms. The molecule has 0 saturated heterocycles. The molecule has 2 nitrogen and oxygen atoms in total. The van der Waals surface area contributed by atoms with Gasteiger partial charge in [0.15, 0.2) is 0 Å². The van der Waals surface area contributed by atoms with E-state index in [0.29, 0.717) is 6.54 Å². The fraction of sp³-hybridized carbons (Fsp3) is 0.250. The summed E-state index contributed by atoms with van der Waals surface area (Å²) in [7, 11) is 0. The molecule has 2 aromatic rings. The van der Waals surface area contributed by atoms with Crippen LogP contribution in [0.5, 0.6) is 5.75 Å². The first kappa shape index (κ1) is 12.7. The van der Waals surface area contributed by atoms with Crippen LogP contribution in [-0.4, -0.2) is 0 Å². The molecule has 2 N–H and O–H groups in total. The summed E-state index contributed by atoms with van der Waals surface area (Å²) in [6.07, 6.45) is 0. The molecular weight excluding hydrogens is 222 g/mol. The van der Waals surface area contributed by atoms with Crippen LogP contribution in [0.15, 0.2) is 54.6 Å². The summed E-state index contributed by atoms with van der Waals surface area (Å²) >= 11 is 0. The molecule has 0 aliphatic carbocycles. The molecule has 2 heteroatoms. The summed E-state index contributed by atoms with van der Waals surface area (Å²) in [5, 5.41) is 0. The summed E-state index contributed by atoms with van der Waals surface area (Å²) in [5.41, 5.74) is 7.51. The minimum atomic E-state index is -0.342. The quantitative estimate of drug-likeness (QED) is 0.889. The molecule has 0 fully saturated rings. The highest BCUT2D eigenvalue weighted by Gasteiger charge is 2.21. The van der Waals surface area contributed by atoms with Gasteiger partial charge in [0.05, 0.1) is 0 Å². The van der Waals surface area contributed by atoms with Crippen LogP contribution in [0.3, 0.4) is 0 Å². The lowest BCUT2D eigenvalue weighted by Gasteiger charge is -2.27. The zero-order chi connectivity index (χ0) is 13.0. The van der Waals surface area contributed by atoms with Gasteiger partial charge in [0.2, 0.25) is 0 Å². The third-order valence-corrected chi connectivity index (χ3v) is 3.00. The molecule has 0 saturated carbocycles. The minimum absolute atomic E-state index is 0.342. The summed E-state index contributed by atoms with van der Waals surface area (Å²) < 4.78 is 6.05. The van der Waals surface area contributed by atoms with Gasteiger partial charge in [0.1, 0.15) is 11.4 Å². The fourth-order valence-corrected chi connectivity index (χ4v) is 1.89. The predicted molar refractivity (Wildman–Crippen MR) is 74.4 cm³/mol. The van der Waals surface area contributed by atoms with E-state index in [1.807, 2.05) is 42.5 Å². The number of benzene rings is 2. The van der Waals surface area contributed by atoms with Crippen LogP contribution in [0.4, 0.5) is 0 Å². The van der Waals surface area contributed by atoms with Gasteiger partial charge in [-0.25, -0.2) is 0 Å². The summed E-state index contributed by atoms with van der Waals surface area (Å²) in [5.74, 6) is 0.862. The van der Waals surface area contributed by atoms with Crippen LogP contribution in [0.25, 0.3) is 0 Å². The molecule has 94 valence electrons. The third kappa shape index (κ3) is 2.90. The van der Waals surface area contributed by atoms with E-state index < -0.39 is 0 Å². The van der Waals surface area contributed by atoms with Gasteiger partial charge in [-0.05, 0) is 37.1 Å². The molecule has 2 aromatic carbocycles. The van der Waals surface area contributed by atoms with Gasteiger partial charge in [-0.3, -0.25) is 0 Å². The second-order valence-electron chi connectivity index (χ2n) is 4.83. The van der Waals surface area contributed by atoms with Crippen molar-refractivity contribution in [2.24, 2.45) is 5.73 Å². The molecule has 0 unspecified atom stereocenters. The van der Waals surface area contributed by atoms with Gasteiger partial charge in [0.25, 0.3) is 0 Å². The average molecular weight is 241 g/mol. The monoisotopic (exact) mass is 241 g/mol. The normalized spacial score (nSPS) is 11.3. The first-order valence-corrected chi connectivity index (χ1v) is 6.15. The van der Waals surface area contributed by atoms with Gasteiger partial charge >= 0.3 is 0 Å².